The Balaban J connectivity index is 1.56. The molecule has 2 aromatic carbocycles. The van der Waals surface area contributed by atoms with Crippen LogP contribution in [0, 0.1) is 25.6 Å². The molecule has 2 amide bonds. The van der Waals surface area contributed by atoms with Crippen molar-refractivity contribution in [3.63, 3.8) is 0 Å². The van der Waals surface area contributed by atoms with Crippen molar-refractivity contribution < 1.29 is 14.0 Å². The van der Waals surface area contributed by atoms with Gasteiger partial charge >= 0.3 is 0 Å². The zero-order valence-electron chi connectivity index (χ0n) is 15.1. The second-order valence-corrected chi connectivity index (χ2v) is 6.98. The molecular weight excluding hydrogens is 331 g/mol. The maximum absolute atomic E-state index is 12.9. The molecule has 1 unspecified atom stereocenters. The van der Waals surface area contributed by atoms with E-state index in [-0.39, 0.29) is 30.0 Å². The third-order valence-corrected chi connectivity index (χ3v) is 4.66. The van der Waals surface area contributed by atoms with Crippen molar-refractivity contribution >= 4 is 17.5 Å². The highest BCUT2D eigenvalue weighted by molar-refractivity contribution is 5.97. The number of hydrogen-bond donors (Lipinski definition) is 1. The lowest BCUT2D eigenvalue weighted by Crippen LogP contribution is -2.30. The number of rotatable bonds is 5. The van der Waals surface area contributed by atoms with E-state index in [1.807, 2.05) is 32.0 Å². The molecule has 0 bridgehead atoms. The summed E-state index contributed by atoms with van der Waals surface area (Å²) in [5.74, 6) is -0.731. The number of hydrogen-bond acceptors (Lipinski definition) is 2. The van der Waals surface area contributed by atoms with Crippen molar-refractivity contribution in [2.24, 2.45) is 5.92 Å². The molecule has 2 aromatic rings. The first-order valence-corrected chi connectivity index (χ1v) is 8.82. The first kappa shape index (κ1) is 18.1. The third-order valence-electron chi connectivity index (χ3n) is 4.66. The van der Waals surface area contributed by atoms with Gasteiger partial charge in [-0.05, 0) is 61.2 Å². The van der Waals surface area contributed by atoms with Gasteiger partial charge in [-0.1, -0.05) is 18.2 Å². The van der Waals surface area contributed by atoms with E-state index < -0.39 is 0 Å². The van der Waals surface area contributed by atoms with Crippen LogP contribution in [-0.2, 0) is 16.0 Å². The number of nitrogens with zero attached hydrogens (tertiary/aromatic N) is 1. The molecule has 0 aromatic heterocycles. The molecule has 1 fully saturated rings. The highest BCUT2D eigenvalue weighted by Gasteiger charge is 2.34. The lowest BCUT2D eigenvalue weighted by Gasteiger charge is -2.17. The van der Waals surface area contributed by atoms with Gasteiger partial charge in [-0.3, -0.25) is 9.59 Å². The van der Waals surface area contributed by atoms with Gasteiger partial charge in [-0.2, -0.15) is 0 Å². The molecule has 1 atom stereocenters. The number of halogens is 1. The highest BCUT2D eigenvalue weighted by atomic mass is 19.1. The average Bonchev–Trinajstić information content (AvgIpc) is 2.94. The predicted molar refractivity (Wildman–Crippen MR) is 99.3 cm³/mol. The maximum Gasteiger partial charge on any atom is 0.229 e. The van der Waals surface area contributed by atoms with Gasteiger partial charge in [0.25, 0.3) is 0 Å². The fraction of sp³-hybridized carbons (Fsp3) is 0.333. The van der Waals surface area contributed by atoms with E-state index in [2.05, 4.69) is 5.32 Å². The average molecular weight is 354 g/mol. The summed E-state index contributed by atoms with van der Waals surface area (Å²) in [6, 6.07) is 12.2. The molecule has 4 nitrogen and oxygen atoms in total. The molecule has 136 valence electrons. The summed E-state index contributed by atoms with van der Waals surface area (Å²) in [6.07, 6.45) is 0.886. The normalized spacial score (nSPS) is 16.8. The smallest absolute Gasteiger partial charge is 0.229 e. The standard InChI is InChI=1S/C21H23FN2O2/c1-14-9-15(2)11-19(10-14)23-21(26)17-12-20(25)24(13-17)8-7-16-3-5-18(22)6-4-16/h3-6,9-11,17H,7-8,12-13H2,1-2H3,(H,23,26). The minimum absolute atomic E-state index is 0.00677. The highest BCUT2D eigenvalue weighted by Crippen LogP contribution is 2.21. The first-order valence-electron chi connectivity index (χ1n) is 8.82. The maximum atomic E-state index is 12.9. The molecule has 0 radical (unpaired) electrons. The lowest BCUT2D eigenvalue weighted by molar-refractivity contribution is -0.128. The Kier molecular flexibility index (Phi) is 5.35. The number of amides is 2. The van der Waals surface area contributed by atoms with E-state index in [4.69, 9.17) is 0 Å². The van der Waals surface area contributed by atoms with E-state index in [0.29, 0.717) is 19.5 Å². The van der Waals surface area contributed by atoms with Gasteiger partial charge in [-0.15, -0.1) is 0 Å². The number of carbonyl (C=O) groups is 2. The second-order valence-electron chi connectivity index (χ2n) is 6.98. The summed E-state index contributed by atoms with van der Waals surface area (Å²) in [4.78, 5) is 26.4. The summed E-state index contributed by atoms with van der Waals surface area (Å²) < 4.78 is 12.9. The Morgan fingerprint density at radius 1 is 1.15 bits per heavy atom. The molecule has 1 aliphatic heterocycles. The molecule has 5 heteroatoms. The molecule has 3 rings (SSSR count). The van der Waals surface area contributed by atoms with Gasteiger partial charge in [0.1, 0.15) is 5.82 Å². The van der Waals surface area contributed by atoms with Crippen LogP contribution in [0.2, 0.25) is 0 Å². The van der Waals surface area contributed by atoms with E-state index >= 15 is 0 Å². The van der Waals surface area contributed by atoms with Crippen LogP contribution in [0.1, 0.15) is 23.1 Å². The van der Waals surface area contributed by atoms with Crippen LogP contribution in [0.5, 0.6) is 0 Å². The lowest BCUT2D eigenvalue weighted by atomic mass is 10.1. The van der Waals surface area contributed by atoms with Crippen molar-refractivity contribution in [3.05, 3.63) is 65.0 Å². The summed E-state index contributed by atoms with van der Waals surface area (Å²) >= 11 is 0. The summed E-state index contributed by atoms with van der Waals surface area (Å²) in [5.41, 5.74) is 3.92. The first-order chi connectivity index (χ1) is 12.4. The predicted octanol–water partition coefficient (Wildman–Crippen LogP) is 3.47. The Bertz CT molecular complexity index is 797. The Morgan fingerprint density at radius 3 is 2.46 bits per heavy atom. The number of benzene rings is 2. The van der Waals surface area contributed by atoms with E-state index in [0.717, 1.165) is 22.4 Å². The minimum atomic E-state index is -0.337. The third kappa shape index (κ3) is 4.48. The van der Waals surface area contributed by atoms with Gasteiger partial charge in [0.2, 0.25) is 11.8 Å². The molecule has 0 spiro atoms. The van der Waals surface area contributed by atoms with Gasteiger partial charge in [0.05, 0.1) is 5.92 Å². The minimum Gasteiger partial charge on any atom is -0.342 e. The Morgan fingerprint density at radius 2 is 1.81 bits per heavy atom. The van der Waals surface area contributed by atoms with Gasteiger partial charge in [-0.25, -0.2) is 4.39 Å². The van der Waals surface area contributed by atoms with Crippen molar-refractivity contribution in [1.29, 1.82) is 0 Å². The summed E-state index contributed by atoms with van der Waals surface area (Å²) in [6.45, 7) is 4.94. The Hall–Kier alpha value is -2.69. The van der Waals surface area contributed by atoms with Crippen LogP contribution in [0.25, 0.3) is 0 Å². The molecule has 0 saturated carbocycles. The molecule has 26 heavy (non-hydrogen) atoms. The fourth-order valence-electron chi connectivity index (χ4n) is 3.37. The molecule has 1 heterocycles. The number of anilines is 1. The van der Waals surface area contributed by atoms with Crippen LogP contribution in [0.15, 0.2) is 42.5 Å². The quantitative estimate of drug-likeness (QED) is 0.894. The van der Waals surface area contributed by atoms with E-state index in [1.54, 1.807) is 17.0 Å². The molecule has 1 saturated heterocycles. The zero-order chi connectivity index (χ0) is 18.7. The van der Waals surface area contributed by atoms with Crippen LogP contribution in [0.3, 0.4) is 0 Å². The van der Waals surface area contributed by atoms with Crippen molar-refractivity contribution in [2.45, 2.75) is 26.7 Å². The van der Waals surface area contributed by atoms with Crippen molar-refractivity contribution in [2.75, 3.05) is 18.4 Å². The SMILES string of the molecule is Cc1cc(C)cc(NC(=O)C2CC(=O)N(CCc3ccc(F)cc3)C2)c1. The number of nitrogens with one attached hydrogen (secondary N) is 1. The number of carbonyl (C=O) groups excluding carboxylic acids is 2. The monoisotopic (exact) mass is 354 g/mol. The summed E-state index contributed by atoms with van der Waals surface area (Å²) in [5, 5.41) is 2.93. The second kappa shape index (κ2) is 7.68. The van der Waals surface area contributed by atoms with E-state index in [9.17, 15) is 14.0 Å². The molecular formula is C21H23FN2O2. The molecule has 1 N–H and O–H groups in total. The van der Waals surface area contributed by atoms with E-state index in [1.165, 1.54) is 12.1 Å². The van der Waals surface area contributed by atoms with Crippen LogP contribution >= 0.6 is 0 Å². The molecule has 1 aliphatic rings. The summed E-state index contributed by atoms with van der Waals surface area (Å²) in [7, 11) is 0. The van der Waals surface area contributed by atoms with Crippen LogP contribution in [0.4, 0.5) is 10.1 Å². The van der Waals surface area contributed by atoms with Gasteiger partial charge in [0.15, 0.2) is 0 Å². The van der Waals surface area contributed by atoms with Crippen LogP contribution in [-0.4, -0.2) is 29.8 Å². The van der Waals surface area contributed by atoms with Crippen molar-refractivity contribution in [3.8, 4) is 0 Å². The molecule has 0 aliphatic carbocycles. The van der Waals surface area contributed by atoms with Crippen LogP contribution < -0.4 is 5.32 Å². The van der Waals surface area contributed by atoms with Gasteiger partial charge in [0, 0.05) is 25.2 Å². The topological polar surface area (TPSA) is 49.4 Å². The fourth-order valence-corrected chi connectivity index (χ4v) is 3.37. The number of likely N-dealkylation sites (tertiary alicyclic amines) is 1. The number of aryl methyl sites for hydroxylation is 2. The Labute approximate surface area is 153 Å². The van der Waals surface area contributed by atoms with Gasteiger partial charge < -0.3 is 10.2 Å². The van der Waals surface area contributed by atoms with Crippen molar-refractivity contribution in [1.82, 2.24) is 4.90 Å². The largest absolute Gasteiger partial charge is 0.342 e. The zero-order valence-corrected chi connectivity index (χ0v) is 15.1.